The topological polar surface area (TPSA) is 99.8 Å². The zero-order chi connectivity index (χ0) is 30.4. The van der Waals surface area contributed by atoms with Crippen molar-refractivity contribution in [2.45, 2.75) is 56.9 Å². The average Bonchev–Trinajstić information content (AvgIpc) is 3.33. The number of hydrogen-bond donors (Lipinski definition) is 0. The molecule has 8 nitrogen and oxygen atoms in total. The van der Waals surface area contributed by atoms with Crippen LogP contribution in [0.4, 0.5) is 5.69 Å². The predicted octanol–water partition coefficient (Wildman–Crippen LogP) is 3.84. The van der Waals surface area contributed by atoms with Crippen LogP contribution in [0.2, 0.25) is 0 Å². The zero-order valence-corrected chi connectivity index (χ0v) is 28.6. The van der Waals surface area contributed by atoms with Gasteiger partial charge in [-0.05, 0) is 79.3 Å². The molecule has 0 bridgehead atoms. The number of ether oxygens (including phenoxy) is 1. The maximum absolute atomic E-state index is 13.4. The van der Waals surface area contributed by atoms with E-state index in [1.807, 2.05) is 26.2 Å². The summed E-state index contributed by atoms with van der Waals surface area (Å²) < 4.78 is 37.6. The molecule has 1 atom stereocenters. The molecule has 0 fully saturated rings. The van der Waals surface area contributed by atoms with Crippen LogP contribution in [0.1, 0.15) is 65.6 Å². The molecule has 10 heteroatoms. The number of aryl methyl sites for hydroxylation is 2. The van der Waals surface area contributed by atoms with Crippen LogP contribution in [0, 0.1) is 6.92 Å². The monoisotopic (exact) mass is 611 g/mol. The standard InChI is InChI=1S/C33H39N3O5S.Na/c1-6-17-36-22-28(32-29(35(3)4)14-11-15-30(32)36)27(13-9-10-18-37)24-19-25(21-26(20-24)41-5)33(38)34-42(39,40)31-16-8-7-12-23(31)2;/h7-8,11-12,14-16,18-22,27H,6,9-10,13,17H2,1-5H3,(H,34,38);/q;+1/p-1. The molecule has 0 aliphatic carbocycles. The van der Waals surface area contributed by atoms with Crippen molar-refractivity contribution in [2.24, 2.45) is 0 Å². The van der Waals surface area contributed by atoms with E-state index in [9.17, 15) is 18.0 Å². The van der Waals surface area contributed by atoms with Crippen LogP contribution in [0.15, 0.2) is 71.8 Å². The quantitative estimate of drug-likeness (QED) is 0.129. The number of carbonyl (C=O) groups excluding carboxylic acids is 2. The zero-order valence-electron chi connectivity index (χ0n) is 25.8. The number of sulfonamides is 1. The number of benzene rings is 3. The number of hydrogen-bond acceptors (Lipinski definition) is 6. The Balaban J connectivity index is 0.00000506. The van der Waals surface area contributed by atoms with Gasteiger partial charge < -0.3 is 28.5 Å². The molecule has 0 spiro atoms. The Bertz CT molecular complexity index is 1700. The van der Waals surface area contributed by atoms with Gasteiger partial charge >= 0.3 is 29.6 Å². The maximum Gasteiger partial charge on any atom is 1.00 e. The van der Waals surface area contributed by atoms with Gasteiger partial charge in [0.15, 0.2) is 0 Å². The SMILES string of the molecule is CCCn1cc(C(CCCC=O)c2cc(OC)cc(C(=O)[N-]S(=O)(=O)c3ccccc3C)c2)c2c(N(C)C)cccc21.[Na+]. The van der Waals surface area contributed by atoms with Gasteiger partial charge in [-0.3, -0.25) is 0 Å². The first kappa shape index (κ1) is 34.4. The van der Waals surface area contributed by atoms with Gasteiger partial charge in [-0.25, -0.2) is 8.42 Å². The number of carbonyl (C=O) groups is 2. The van der Waals surface area contributed by atoms with Crippen LogP contribution >= 0.6 is 0 Å². The van der Waals surface area contributed by atoms with Crippen molar-refractivity contribution in [1.29, 1.82) is 0 Å². The number of methoxy groups -OCH3 is 1. The van der Waals surface area contributed by atoms with Crippen molar-refractivity contribution >= 4 is 38.8 Å². The van der Waals surface area contributed by atoms with Gasteiger partial charge in [0.25, 0.3) is 0 Å². The Labute approximate surface area is 276 Å². The fraction of sp³-hybridized carbons (Fsp3) is 0.333. The predicted molar refractivity (Wildman–Crippen MR) is 167 cm³/mol. The Hall–Kier alpha value is -3.11. The first-order valence-electron chi connectivity index (χ1n) is 14.1. The first-order chi connectivity index (χ1) is 20.1. The van der Waals surface area contributed by atoms with E-state index in [1.165, 1.54) is 19.2 Å². The van der Waals surface area contributed by atoms with Crippen LogP contribution in [0.5, 0.6) is 5.75 Å². The number of unbranched alkanes of at least 4 members (excludes halogenated alkanes) is 1. The second kappa shape index (κ2) is 15.1. The third kappa shape index (κ3) is 7.70. The normalized spacial score (nSPS) is 11.9. The second-order valence-corrected chi connectivity index (χ2v) is 12.2. The van der Waals surface area contributed by atoms with Crippen LogP contribution in [-0.2, 0) is 21.4 Å². The summed E-state index contributed by atoms with van der Waals surface area (Å²) in [6, 6.07) is 17.8. The van der Waals surface area contributed by atoms with Crippen LogP contribution in [-0.4, -0.2) is 46.4 Å². The van der Waals surface area contributed by atoms with Gasteiger partial charge in [0.05, 0.1) is 23.4 Å². The van der Waals surface area contributed by atoms with Gasteiger partial charge in [0.1, 0.15) is 22.1 Å². The summed E-state index contributed by atoms with van der Waals surface area (Å²) in [5, 5.41) is 1.11. The summed E-state index contributed by atoms with van der Waals surface area (Å²) in [5.41, 5.74) is 4.66. The number of aldehydes is 1. The van der Waals surface area contributed by atoms with E-state index in [0.717, 1.165) is 47.0 Å². The summed E-state index contributed by atoms with van der Waals surface area (Å²) >= 11 is 0. The second-order valence-electron chi connectivity index (χ2n) is 10.6. The molecular formula is C33H38N3NaO5S. The molecule has 0 aliphatic rings. The minimum atomic E-state index is -4.22. The van der Waals surface area contributed by atoms with Gasteiger partial charge in [-0.2, -0.15) is 0 Å². The molecule has 0 saturated heterocycles. The van der Waals surface area contributed by atoms with Crippen LogP contribution < -0.4 is 39.2 Å². The molecular weight excluding hydrogens is 573 g/mol. The molecule has 0 radical (unpaired) electrons. The molecule has 43 heavy (non-hydrogen) atoms. The number of aromatic nitrogens is 1. The Morgan fingerprint density at radius 2 is 1.84 bits per heavy atom. The molecule has 4 aromatic rings. The van der Waals surface area contributed by atoms with Crippen LogP contribution in [0.3, 0.4) is 0 Å². The molecule has 1 unspecified atom stereocenters. The van der Waals surface area contributed by atoms with Crippen molar-refractivity contribution in [2.75, 3.05) is 26.1 Å². The molecule has 0 aliphatic heterocycles. The van der Waals surface area contributed by atoms with E-state index in [2.05, 4.69) is 39.4 Å². The minimum Gasteiger partial charge on any atom is -0.538 e. The Morgan fingerprint density at radius 1 is 1.09 bits per heavy atom. The average molecular weight is 612 g/mol. The summed E-state index contributed by atoms with van der Waals surface area (Å²) in [7, 11) is 1.31. The maximum atomic E-state index is 13.4. The molecule has 0 N–H and O–H groups in total. The third-order valence-electron chi connectivity index (χ3n) is 7.44. The molecule has 3 aromatic carbocycles. The van der Waals surface area contributed by atoms with Crippen LogP contribution in [0.25, 0.3) is 15.6 Å². The largest absolute Gasteiger partial charge is 1.00 e. The number of rotatable bonds is 13. The van der Waals surface area contributed by atoms with E-state index < -0.39 is 15.9 Å². The van der Waals surface area contributed by atoms with E-state index in [-0.39, 0.29) is 45.9 Å². The summed E-state index contributed by atoms with van der Waals surface area (Å²) in [6.45, 7) is 4.64. The fourth-order valence-electron chi connectivity index (χ4n) is 5.46. The fourth-order valence-corrected chi connectivity index (χ4v) is 6.60. The van der Waals surface area contributed by atoms with Gasteiger partial charge in [-0.15, -0.1) is 0 Å². The summed E-state index contributed by atoms with van der Waals surface area (Å²) in [5.74, 6) is -0.640. The molecule has 1 amide bonds. The van der Waals surface area contributed by atoms with Crippen molar-refractivity contribution in [3.8, 4) is 5.75 Å². The van der Waals surface area contributed by atoms with Crippen molar-refractivity contribution in [1.82, 2.24) is 4.57 Å². The molecule has 4 rings (SSSR count). The van der Waals surface area contributed by atoms with E-state index in [4.69, 9.17) is 4.74 Å². The van der Waals surface area contributed by atoms with E-state index in [1.54, 1.807) is 31.2 Å². The molecule has 0 saturated carbocycles. The summed E-state index contributed by atoms with van der Waals surface area (Å²) in [6.07, 6.45) is 5.74. The Morgan fingerprint density at radius 3 is 2.49 bits per heavy atom. The van der Waals surface area contributed by atoms with E-state index >= 15 is 0 Å². The Kier molecular flexibility index (Phi) is 12.0. The molecule has 1 heterocycles. The third-order valence-corrected chi connectivity index (χ3v) is 8.86. The first-order valence-corrected chi connectivity index (χ1v) is 15.5. The smallest absolute Gasteiger partial charge is 0.538 e. The van der Waals surface area contributed by atoms with E-state index in [0.29, 0.717) is 30.6 Å². The van der Waals surface area contributed by atoms with Gasteiger partial charge in [-0.1, -0.05) is 31.2 Å². The number of amides is 1. The summed E-state index contributed by atoms with van der Waals surface area (Å²) in [4.78, 5) is 26.7. The van der Waals surface area contributed by atoms with Crippen molar-refractivity contribution < 1.29 is 52.3 Å². The number of anilines is 1. The number of fused-ring (bicyclic) bond motifs is 1. The molecule has 1 aromatic heterocycles. The number of nitrogens with zero attached hydrogens (tertiary/aromatic N) is 3. The van der Waals surface area contributed by atoms with Gasteiger partial charge in [0.2, 0.25) is 0 Å². The van der Waals surface area contributed by atoms with Gasteiger partial charge in [0, 0.05) is 55.8 Å². The van der Waals surface area contributed by atoms with Crippen molar-refractivity contribution in [3.05, 3.63) is 93.8 Å². The molecule has 222 valence electrons. The minimum absolute atomic E-state index is 0. The van der Waals surface area contributed by atoms with Crippen molar-refractivity contribution in [3.63, 3.8) is 0 Å².